The molecule has 0 saturated heterocycles. The topological polar surface area (TPSA) is 57.2 Å². The minimum Gasteiger partial charge on any atom is -0.466 e. The van der Waals surface area contributed by atoms with Crippen molar-refractivity contribution in [3.05, 3.63) is 65.9 Å². The van der Waals surface area contributed by atoms with Gasteiger partial charge in [-0.1, -0.05) is 30.3 Å². The highest BCUT2D eigenvalue weighted by atomic mass is 16.5. The summed E-state index contributed by atoms with van der Waals surface area (Å²) >= 11 is 0. The van der Waals surface area contributed by atoms with Gasteiger partial charge in [-0.3, -0.25) is 4.79 Å². The van der Waals surface area contributed by atoms with Crippen LogP contribution in [0, 0.1) is 0 Å². The molecule has 0 fully saturated rings. The average molecular weight is 336 g/mol. The molecule has 0 radical (unpaired) electrons. The molecular formula is C21H24N2O2. The van der Waals surface area contributed by atoms with Crippen molar-refractivity contribution in [1.82, 2.24) is 4.57 Å². The van der Waals surface area contributed by atoms with Gasteiger partial charge in [0.25, 0.3) is 0 Å². The summed E-state index contributed by atoms with van der Waals surface area (Å²) in [4.78, 5) is 11.5. The van der Waals surface area contributed by atoms with E-state index in [-0.39, 0.29) is 5.97 Å². The number of rotatable bonds is 7. The van der Waals surface area contributed by atoms with Gasteiger partial charge in [-0.25, -0.2) is 0 Å². The Hall–Kier alpha value is -2.75. The number of hydrogen-bond acceptors (Lipinski definition) is 3. The molecule has 2 N–H and O–H groups in total. The molecule has 0 amide bonds. The van der Waals surface area contributed by atoms with E-state index < -0.39 is 0 Å². The molecule has 0 atom stereocenters. The molecule has 0 aliphatic rings. The maximum absolute atomic E-state index is 11.5. The molecule has 2 aromatic carbocycles. The smallest absolute Gasteiger partial charge is 0.305 e. The Morgan fingerprint density at radius 3 is 2.80 bits per heavy atom. The summed E-state index contributed by atoms with van der Waals surface area (Å²) in [5.74, 6) is -0.126. The molecule has 4 heteroatoms. The van der Waals surface area contributed by atoms with Gasteiger partial charge >= 0.3 is 5.97 Å². The van der Waals surface area contributed by atoms with Crippen LogP contribution in [0.3, 0.4) is 0 Å². The van der Waals surface area contributed by atoms with Gasteiger partial charge in [0, 0.05) is 35.8 Å². The third-order valence-corrected chi connectivity index (χ3v) is 4.30. The summed E-state index contributed by atoms with van der Waals surface area (Å²) in [5, 5.41) is 1.25. The van der Waals surface area contributed by atoms with E-state index in [1.54, 1.807) is 0 Å². The summed E-state index contributed by atoms with van der Waals surface area (Å²) in [6, 6.07) is 16.4. The zero-order valence-electron chi connectivity index (χ0n) is 14.6. The lowest BCUT2D eigenvalue weighted by molar-refractivity contribution is -0.143. The van der Waals surface area contributed by atoms with Crippen molar-refractivity contribution in [3.63, 3.8) is 0 Å². The van der Waals surface area contributed by atoms with E-state index in [9.17, 15) is 4.79 Å². The Kier molecular flexibility index (Phi) is 5.39. The van der Waals surface area contributed by atoms with Crippen LogP contribution in [0.1, 0.15) is 30.9 Å². The van der Waals surface area contributed by atoms with Gasteiger partial charge in [0.1, 0.15) is 0 Å². The standard InChI is InChI=1S/C21H24N2O2/c1-2-25-21(24)11-6-12-23-15-17(19-9-3-4-10-20(19)23)13-16-7-5-8-18(22)14-16/h3-5,7-10,14-15H,2,6,11-13,22H2,1H3. The van der Waals surface area contributed by atoms with E-state index in [4.69, 9.17) is 10.5 Å². The lowest BCUT2D eigenvalue weighted by atomic mass is 10.0. The van der Waals surface area contributed by atoms with E-state index in [1.165, 1.54) is 22.0 Å². The Bertz CT molecular complexity index is 867. The summed E-state index contributed by atoms with van der Waals surface area (Å²) < 4.78 is 7.24. The second-order valence-electron chi connectivity index (χ2n) is 6.20. The summed E-state index contributed by atoms with van der Waals surface area (Å²) in [7, 11) is 0. The molecule has 0 aliphatic heterocycles. The van der Waals surface area contributed by atoms with Gasteiger partial charge in [0.05, 0.1) is 6.61 Å². The number of para-hydroxylation sites is 1. The van der Waals surface area contributed by atoms with Crippen LogP contribution >= 0.6 is 0 Å². The number of aromatic nitrogens is 1. The highest BCUT2D eigenvalue weighted by Crippen LogP contribution is 2.25. The number of carbonyl (C=O) groups excluding carboxylic acids is 1. The molecule has 25 heavy (non-hydrogen) atoms. The minimum atomic E-state index is -0.126. The van der Waals surface area contributed by atoms with Crippen molar-refractivity contribution in [2.75, 3.05) is 12.3 Å². The van der Waals surface area contributed by atoms with Crippen molar-refractivity contribution >= 4 is 22.6 Å². The average Bonchev–Trinajstić information content (AvgIpc) is 2.93. The molecule has 3 rings (SSSR count). The van der Waals surface area contributed by atoms with Gasteiger partial charge in [-0.2, -0.15) is 0 Å². The zero-order chi connectivity index (χ0) is 17.6. The lowest BCUT2D eigenvalue weighted by Gasteiger charge is -2.05. The van der Waals surface area contributed by atoms with E-state index in [2.05, 4.69) is 41.1 Å². The first kappa shape index (κ1) is 17.1. The van der Waals surface area contributed by atoms with Crippen LogP contribution in [-0.2, 0) is 22.5 Å². The summed E-state index contributed by atoms with van der Waals surface area (Å²) in [6.45, 7) is 3.08. The van der Waals surface area contributed by atoms with E-state index in [0.717, 1.165) is 25.1 Å². The van der Waals surface area contributed by atoms with Gasteiger partial charge in [-0.15, -0.1) is 0 Å². The number of fused-ring (bicyclic) bond motifs is 1. The first-order valence-electron chi connectivity index (χ1n) is 8.74. The van der Waals surface area contributed by atoms with Crippen molar-refractivity contribution in [2.45, 2.75) is 32.7 Å². The number of aryl methyl sites for hydroxylation is 1. The molecular weight excluding hydrogens is 312 g/mol. The second-order valence-corrected chi connectivity index (χ2v) is 6.20. The van der Waals surface area contributed by atoms with Crippen LogP contribution in [0.2, 0.25) is 0 Å². The summed E-state index contributed by atoms with van der Waals surface area (Å²) in [6.07, 6.45) is 4.26. The normalized spacial score (nSPS) is 10.9. The predicted molar refractivity (Wildman–Crippen MR) is 101 cm³/mol. The number of benzene rings is 2. The summed E-state index contributed by atoms with van der Waals surface area (Å²) in [5.41, 5.74) is 10.4. The fourth-order valence-electron chi connectivity index (χ4n) is 3.20. The highest BCUT2D eigenvalue weighted by Gasteiger charge is 2.10. The van der Waals surface area contributed by atoms with Crippen LogP contribution in [0.15, 0.2) is 54.7 Å². The number of esters is 1. The Morgan fingerprint density at radius 2 is 2.00 bits per heavy atom. The maximum atomic E-state index is 11.5. The Morgan fingerprint density at radius 1 is 1.16 bits per heavy atom. The third-order valence-electron chi connectivity index (χ3n) is 4.30. The van der Waals surface area contributed by atoms with Gasteiger partial charge in [0.15, 0.2) is 0 Å². The molecule has 0 saturated carbocycles. The number of ether oxygens (including phenoxy) is 1. The lowest BCUT2D eigenvalue weighted by Crippen LogP contribution is -2.06. The Balaban J connectivity index is 1.79. The van der Waals surface area contributed by atoms with Crippen molar-refractivity contribution in [3.8, 4) is 0 Å². The molecule has 0 spiro atoms. The quantitative estimate of drug-likeness (QED) is 0.521. The van der Waals surface area contributed by atoms with E-state index in [0.29, 0.717) is 13.0 Å². The molecule has 0 aliphatic carbocycles. The van der Waals surface area contributed by atoms with E-state index >= 15 is 0 Å². The van der Waals surface area contributed by atoms with Crippen molar-refractivity contribution in [1.29, 1.82) is 0 Å². The van der Waals surface area contributed by atoms with Gasteiger partial charge in [0.2, 0.25) is 0 Å². The third kappa shape index (κ3) is 4.21. The minimum absolute atomic E-state index is 0.126. The SMILES string of the molecule is CCOC(=O)CCCn1cc(Cc2cccc(N)c2)c2ccccc21. The molecule has 130 valence electrons. The number of nitrogen functional groups attached to an aromatic ring is 1. The van der Waals surface area contributed by atoms with Crippen molar-refractivity contribution < 1.29 is 9.53 Å². The monoisotopic (exact) mass is 336 g/mol. The second kappa shape index (κ2) is 7.88. The number of nitrogens with zero attached hydrogens (tertiary/aromatic N) is 1. The Labute approximate surface area is 148 Å². The van der Waals surface area contributed by atoms with Gasteiger partial charge < -0.3 is 15.0 Å². The highest BCUT2D eigenvalue weighted by molar-refractivity contribution is 5.84. The fraction of sp³-hybridized carbons (Fsp3) is 0.286. The fourth-order valence-corrected chi connectivity index (χ4v) is 3.20. The molecule has 1 heterocycles. The van der Waals surface area contributed by atoms with Crippen LogP contribution < -0.4 is 5.73 Å². The molecule has 4 nitrogen and oxygen atoms in total. The largest absolute Gasteiger partial charge is 0.466 e. The molecule has 0 bridgehead atoms. The first-order chi connectivity index (χ1) is 12.2. The maximum Gasteiger partial charge on any atom is 0.305 e. The molecule has 1 aromatic heterocycles. The van der Waals surface area contributed by atoms with Gasteiger partial charge in [-0.05, 0) is 49.1 Å². The molecule has 0 unspecified atom stereocenters. The van der Waals surface area contributed by atoms with Crippen LogP contribution in [0.5, 0.6) is 0 Å². The predicted octanol–water partition coefficient (Wildman–Crippen LogP) is 4.16. The van der Waals surface area contributed by atoms with Crippen molar-refractivity contribution in [2.24, 2.45) is 0 Å². The van der Waals surface area contributed by atoms with Crippen LogP contribution in [-0.4, -0.2) is 17.1 Å². The van der Waals surface area contributed by atoms with E-state index in [1.807, 2.05) is 25.1 Å². The number of nitrogens with two attached hydrogens (primary N) is 1. The zero-order valence-corrected chi connectivity index (χ0v) is 14.6. The van der Waals surface area contributed by atoms with Crippen LogP contribution in [0.4, 0.5) is 5.69 Å². The number of anilines is 1. The molecule has 3 aromatic rings. The number of hydrogen-bond donors (Lipinski definition) is 1. The van der Waals surface area contributed by atoms with Crippen LogP contribution in [0.25, 0.3) is 10.9 Å². The first-order valence-corrected chi connectivity index (χ1v) is 8.74. The number of carbonyl (C=O) groups is 1.